The minimum absolute atomic E-state index is 0.157. The first-order chi connectivity index (χ1) is 11.3. The first-order valence-electron chi connectivity index (χ1n) is 7.55. The van der Waals surface area contributed by atoms with Gasteiger partial charge in [-0.25, -0.2) is 0 Å². The van der Waals surface area contributed by atoms with Gasteiger partial charge in [0.1, 0.15) is 5.60 Å². The van der Waals surface area contributed by atoms with Crippen LogP contribution in [0.4, 0.5) is 0 Å². The summed E-state index contributed by atoms with van der Waals surface area (Å²) in [5.74, 6) is 0. The van der Waals surface area contributed by atoms with E-state index >= 15 is 0 Å². The van der Waals surface area contributed by atoms with Crippen LogP contribution in [-0.2, 0) is 15.7 Å². The highest BCUT2D eigenvalue weighted by molar-refractivity contribution is 7.89. The largest absolute Gasteiger partial charge is 0.381 e. The van der Waals surface area contributed by atoms with E-state index < -0.39 is 15.7 Å². The van der Waals surface area contributed by atoms with Crippen molar-refractivity contribution in [1.29, 1.82) is 0 Å². The number of benzene rings is 2. The van der Waals surface area contributed by atoms with Crippen LogP contribution in [-0.4, -0.2) is 18.1 Å². The third kappa shape index (κ3) is 3.06. The molecule has 2 N–H and O–H groups in total. The van der Waals surface area contributed by atoms with E-state index in [1.165, 1.54) is 6.08 Å². The van der Waals surface area contributed by atoms with Crippen molar-refractivity contribution in [3.8, 4) is 11.1 Å². The van der Waals surface area contributed by atoms with Crippen molar-refractivity contribution in [2.24, 2.45) is 0 Å². The molecule has 0 radical (unpaired) electrons. The highest BCUT2D eigenvalue weighted by Crippen LogP contribution is 2.41. The van der Waals surface area contributed by atoms with E-state index in [0.717, 1.165) is 11.1 Å². The SMILES string of the molecule is CC1=C(S(=O)(=O)O)CC(O)(c2ccccc2-c2ccccc2)C=C1. The van der Waals surface area contributed by atoms with Crippen LogP contribution in [0.3, 0.4) is 0 Å². The molecule has 1 aliphatic rings. The second-order valence-corrected chi connectivity index (χ2v) is 7.37. The summed E-state index contributed by atoms with van der Waals surface area (Å²) < 4.78 is 32.7. The van der Waals surface area contributed by atoms with E-state index in [1.54, 1.807) is 25.1 Å². The lowest BCUT2D eigenvalue weighted by Crippen LogP contribution is -2.29. The van der Waals surface area contributed by atoms with Gasteiger partial charge in [0.25, 0.3) is 10.1 Å². The molecule has 0 bridgehead atoms. The topological polar surface area (TPSA) is 74.6 Å². The Labute approximate surface area is 141 Å². The van der Waals surface area contributed by atoms with Crippen molar-refractivity contribution in [3.05, 3.63) is 82.8 Å². The highest BCUT2D eigenvalue weighted by Gasteiger charge is 2.36. The summed E-state index contributed by atoms with van der Waals surface area (Å²) in [5, 5.41) is 11.1. The van der Waals surface area contributed by atoms with Gasteiger partial charge in [0.2, 0.25) is 0 Å². The van der Waals surface area contributed by atoms with Gasteiger partial charge in [0.05, 0.1) is 4.91 Å². The molecule has 0 heterocycles. The lowest BCUT2D eigenvalue weighted by atomic mass is 9.81. The molecule has 0 saturated heterocycles. The predicted molar refractivity (Wildman–Crippen MR) is 93.8 cm³/mol. The second kappa shape index (κ2) is 6.02. The third-order valence-electron chi connectivity index (χ3n) is 4.27. The van der Waals surface area contributed by atoms with Gasteiger partial charge in [-0.15, -0.1) is 0 Å². The van der Waals surface area contributed by atoms with Crippen molar-refractivity contribution in [2.45, 2.75) is 18.9 Å². The van der Waals surface area contributed by atoms with Gasteiger partial charge in [-0.2, -0.15) is 8.42 Å². The second-order valence-electron chi connectivity index (χ2n) is 5.93. The smallest absolute Gasteiger partial charge is 0.291 e. The monoisotopic (exact) mass is 342 g/mol. The summed E-state index contributed by atoms with van der Waals surface area (Å²) in [4.78, 5) is -0.157. The number of rotatable bonds is 3. The van der Waals surface area contributed by atoms with Crippen LogP contribution in [0, 0.1) is 0 Å². The fraction of sp³-hybridized carbons (Fsp3) is 0.158. The molecule has 3 rings (SSSR count). The highest BCUT2D eigenvalue weighted by atomic mass is 32.2. The summed E-state index contributed by atoms with van der Waals surface area (Å²) in [5.41, 5.74) is 1.27. The van der Waals surface area contributed by atoms with E-state index in [-0.39, 0.29) is 11.3 Å². The minimum Gasteiger partial charge on any atom is -0.381 e. The fourth-order valence-electron chi connectivity index (χ4n) is 3.01. The molecular formula is C19H18O4S. The van der Waals surface area contributed by atoms with E-state index in [9.17, 15) is 18.1 Å². The van der Waals surface area contributed by atoms with Crippen molar-refractivity contribution in [3.63, 3.8) is 0 Å². The standard InChI is InChI=1S/C19H18O4S/c1-14-11-12-19(20,13-18(14)24(21,22)23)17-10-6-5-9-16(17)15-7-3-2-4-8-15/h2-12,20H,13H2,1H3,(H,21,22,23). The Hall–Kier alpha value is -2.21. The molecule has 0 saturated carbocycles. The predicted octanol–water partition coefficient (Wildman–Crippen LogP) is 3.66. The summed E-state index contributed by atoms with van der Waals surface area (Å²) in [6, 6.07) is 16.9. The average molecular weight is 342 g/mol. The maximum Gasteiger partial charge on any atom is 0.291 e. The van der Waals surface area contributed by atoms with Crippen LogP contribution in [0.2, 0.25) is 0 Å². The van der Waals surface area contributed by atoms with Crippen molar-refractivity contribution < 1.29 is 18.1 Å². The Balaban J connectivity index is 2.13. The van der Waals surface area contributed by atoms with E-state index in [1.807, 2.05) is 42.5 Å². The van der Waals surface area contributed by atoms with Gasteiger partial charge in [-0.3, -0.25) is 4.55 Å². The number of allylic oxidation sites excluding steroid dienone is 2. The molecule has 1 atom stereocenters. The molecule has 24 heavy (non-hydrogen) atoms. The number of aliphatic hydroxyl groups is 1. The molecule has 0 spiro atoms. The van der Waals surface area contributed by atoms with E-state index in [4.69, 9.17) is 0 Å². The lowest BCUT2D eigenvalue weighted by Gasteiger charge is -2.31. The Morgan fingerprint density at radius 3 is 2.29 bits per heavy atom. The molecule has 0 aromatic heterocycles. The van der Waals surface area contributed by atoms with Gasteiger partial charge >= 0.3 is 0 Å². The summed E-state index contributed by atoms with van der Waals surface area (Å²) in [7, 11) is -4.36. The number of hydrogen-bond donors (Lipinski definition) is 2. The summed E-state index contributed by atoms with van der Waals surface area (Å²) >= 11 is 0. The van der Waals surface area contributed by atoms with Crippen LogP contribution < -0.4 is 0 Å². The zero-order valence-electron chi connectivity index (χ0n) is 13.2. The molecule has 124 valence electrons. The summed E-state index contributed by atoms with van der Waals surface area (Å²) in [6.07, 6.45) is 2.92. The molecule has 4 nitrogen and oxygen atoms in total. The molecule has 1 unspecified atom stereocenters. The lowest BCUT2D eigenvalue weighted by molar-refractivity contribution is 0.0900. The van der Waals surface area contributed by atoms with Crippen LogP contribution in [0.1, 0.15) is 18.9 Å². The zero-order valence-corrected chi connectivity index (χ0v) is 14.0. The molecular weight excluding hydrogens is 324 g/mol. The van der Waals surface area contributed by atoms with Gasteiger partial charge in [-0.05, 0) is 35.3 Å². The number of hydrogen-bond acceptors (Lipinski definition) is 3. The van der Waals surface area contributed by atoms with Gasteiger partial charge < -0.3 is 5.11 Å². The first kappa shape index (κ1) is 16.6. The maximum atomic E-state index is 11.6. The van der Waals surface area contributed by atoms with Crippen molar-refractivity contribution in [2.75, 3.05) is 0 Å². The van der Waals surface area contributed by atoms with Crippen LogP contribution in [0.5, 0.6) is 0 Å². The van der Waals surface area contributed by atoms with Crippen LogP contribution in [0.15, 0.2) is 77.2 Å². The van der Waals surface area contributed by atoms with Crippen LogP contribution in [0.25, 0.3) is 11.1 Å². The third-order valence-corrected chi connectivity index (χ3v) is 5.36. The quantitative estimate of drug-likeness (QED) is 0.835. The molecule has 2 aromatic rings. The first-order valence-corrected chi connectivity index (χ1v) is 8.99. The minimum atomic E-state index is -4.36. The Morgan fingerprint density at radius 2 is 1.62 bits per heavy atom. The normalized spacial score (nSPS) is 21.1. The Bertz CT molecular complexity index is 927. The molecule has 1 aliphatic carbocycles. The Morgan fingerprint density at radius 1 is 1.00 bits per heavy atom. The molecule has 5 heteroatoms. The van der Waals surface area contributed by atoms with E-state index in [2.05, 4.69) is 0 Å². The molecule has 0 aliphatic heterocycles. The van der Waals surface area contributed by atoms with Gasteiger partial charge in [0.15, 0.2) is 0 Å². The summed E-state index contributed by atoms with van der Waals surface area (Å²) in [6.45, 7) is 1.60. The van der Waals surface area contributed by atoms with E-state index in [0.29, 0.717) is 11.1 Å². The van der Waals surface area contributed by atoms with Gasteiger partial charge in [-0.1, -0.05) is 60.7 Å². The average Bonchev–Trinajstić information content (AvgIpc) is 2.57. The van der Waals surface area contributed by atoms with Crippen molar-refractivity contribution in [1.82, 2.24) is 0 Å². The van der Waals surface area contributed by atoms with Crippen LogP contribution >= 0.6 is 0 Å². The maximum absolute atomic E-state index is 11.6. The Kier molecular flexibility index (Phi) is 4.17. The zero-order chi connectivity index (χ0) is 17.4. The van der Waals surface area contributed by atoms with Crippen molar-refractivity contribution >= 4 is 10.1 Å². The molecule has 2 aromatic carbocycles. The molecule has 0 fully saturated rings. The fourth-order valence-corrected chi connectivity index (χ4v) is 3.89. The van der Waals surface area contributed by atoms with Gasteiger partial charge in [0, 0.05) is 6.42 Å². The molecule has 0 amide bonds.